The van der Waals surface area contributed by atoms with Crippen LogP contribution in [-0.2, 0) is 4.79 Å². The molecule has 3 heteroatoms. The van der Waals surface area contributed by atoms with E-state index in [1.807, 2.05) is 19.1 Å². The van der Waals surface area contributed by atoms with E-state index < -0.39 is 6.17 Å². The molecular formula is C29H36F2O. The maximum absolute atomic E-state index is 15.0. The van der Waals surface area contributed by atoms with Gasteiger partial charge in [0.2, 0.25) is 0 Å². The van der Waals surface area contributed by atoms with Crippen LogP contribution in [-0.4, -0.2) is 12.0 Å². The van der Waals surface area contributed by atoms with Crippen molar-refractivity contribution in [3.63, 3.8) is 0 Å². The molecule has 0 spiro atoms. The lowest BCUT2D eigenvalue weighted by Gasteiger charge is -2.33. The zero-order valence-electron chi connectivity index (χ0n) is 19.2. The van der Waals surface area contributed by atoms with E-state index in [-0.39, 0.29) is 17.7 Å². The Morgan fingerprint density at radius 1 is 0.844 bits per heavy atom. The summed E-state index contributed by atoms with van der Waals surface area (Å²) in [4.78, 5) is 11.9. The number of alkyl halides is 1. The molecule has 2 aromatic carbocycles. The lowest BCUT2D eigenvalue weighted by atomic mass is 9.73. The Bertz CT molecular complexity index is 857. The van der Waals surface area contributed by atoms with Crippen molar-refractivity contribution in [2.75, 3.05) is 0 Å². The Morgan fingerprint density at radius 3 is 1.97 bits per heavy atom. The van der Waals surface area contributed by atoms with Gasteiger partial charge in [0.05, 0.1) is 0 Å². The van der Waals surface area contributed by atoms with E-state index >= 15 is 4.39 Å². The minimum Gasteiger partial charge on any atom is -0.299 e. The SMILES string of the molecule is CCC(=O)C1CCC(C(F)CC2CCC(c3ccc(-c4ccc(F)cc4)cc3)CC2)CC1. The van der Waals surface area contributed by atoms with E-state index in [2.05, 4.69) is 24.3 Å². The van der Waals surface area contributed by atoms with Crippen LogP contribution < -0.4 is 0 Å². The Labute approximate surface area is 191 Å². The van der Waals surface area contributed by atoms with Gasteiger partial charge in [0, 0.05) is 12.3 Å². The molecule has 0 radical (unpaired) electrons. The number of carbonyl (C=O) groups excluding carboxylic acids is 1. The Balaban J connectivity index is 1.24. The van der Waals surface area contributed by atoms with Crippen molar-refractivity contribution < 1.29 is 13.6 Å². The first kappa shape index (κ1) is 23.1. The lowest BCUT2D eigenvalue weighted by Crippen LogP contribution is -2.28. The summed E-state index contributed by atoms with van der Waals surface area (Å²) in [5, 5.41) is 0. The van der Waals surface area contributed by atoms with Gasteiger partial charge in [-0.2, -0.15) is 0 Å². The van der Waals surface area contributed by atoms with Crippen LogP contribution in [0.15, 0.2) is 48.5 Å². The third kappa shape index (κ3) is 5.66. The molecule has 4 rings (SSSR count). The highest BCUT2D eigenvalue weighted by Gasteiger charge is 2.32. The summed E-state index contributed by atoms with van der Waals surface area (Å²) >= 11 is 0. The first-order valence-corrected chi connectivity index (χ1v) is 12.6. The van der Waals surface area contributed by atoms with Crippen molar-refractivity contribution in [2.45, 2.75) is 83.2 Å². The highest BCUT2D eigenvalue weighted by atomic mass is 19.1. The highest BCUT2D eigenvalue weighted by Crippen LogP contribution is 2.41. The second-order valence-electron chi connectivity index (χ2n) is 10.0. The molecule has 0 aromatic heterocycles. The molecule has 2 saturated carbocycles. The van der Waals surface area contributed by atoms with Gasteiger partial charge >= 0.3 is 0 Å². The largest absolute Gasteiger partial charge is 0.299 e. The second-order valence-corrected chi connectivity index (χ2v) is 10.0. The molecule has 0 bridgehead atoms. The molecule has 1 atom stereocenters. The van der Waals surface area contributed by atoms with Gasteiger partial charge in [-0.1, -0.05) is 43.3 Å². The minimum atomic E-state index is -0.704. The number of halogens is 2. The maximum atomic E-state index is 15.0. The van der Waals surface area contributed by atoms with E-state index in [1.54, 1.807) is 0 Å². The van der Waals surface area contributed by atoms with E-state index in [1.165, 1.54) is 17.7 Å². The van der Waals surface area contributed by atoms with E-state index in [0.717, 1.165) is 62.5 Å². The molecule has 0 N–H and O–H groups in total. The monoisotopic (exact) mass is 438 g/mol. The average molecular weight is 439 g/mol. The van der Waals surface area contributed by atoms with Crippen molar-refractivity contribution in [3.8, 4) is 11.1 Å². The van der Waals surface area contributed by atoms with Gasteiger partial charge in [-0.15, -0.1) is 0 Å². The number of hydrogen-bond acceptors (Lipinski definition) is 1. The molecule has 0 heterocycles. The fraction of sp³-hybridized carbons (Fsp3) is 0.552. The molecule has 2 aromatic rings. The number of carbonyl (C=O) groups is 1. The first-order chi connectivity index (χ1) is 15.5. The Hall–Kier alpha value is -2.03. The van der Waals surface area contributed by atoms with Crippen LogP contribution in [0.25, 0.3) is 11.1 Å². The van der Waals surface area contributed by atoms with Crippen LogP contribution in [0.1, 0.15) is 82.6 Å². The molecule has 0 amide bonds. The second kappa shape index (κ2) is 10.7. The summed E-state index contributed by atoms with van der Waals surface area (Å²) < 4.78 is 28.2. The lowest BCUT2D eigenvalue weighted by molar-refractivity contribution is -0.124. The topological polar surface area (TPSA) is 17.1 Å². The van der Waals surface area contributed by atoms with Gasteiger partial charge in [-0.05, 0) is 104 Å². The highest BCUT2D eigenvalue weighted by molar-refractivity contribution is 5.80. The predicted molar refractivity (Wildman–Crippen MR) is 127 cm³/mol. The summed E-state index contributed by atoms with van der Waals surface area (Å²) in [6.45, 7) is 1.93. The number of ketones is 1. The summed E-state index contributed by atoms with van der Waals surface area (Å²) in [6.07, 6.45) is 8.63. The molecule has 0 aliphatic heterocycles. The van der Waals surface area contributed by atoms with Crippen molar-refractivity contribution in [3.05, 3.63) is 59.9 Å². The Kier molecular flexibility index (Phi) is 7.75. The van der Waals surface area contributed by atoms with Crippen LogP contribution in [0.4, 0.5) is 8.78 Å². The van der Waals surface area contributed by atoms with Gasteiger partial charge in [0.25, 0.3) is 0 Å². The molecule has 2 aliphatic carbocycles. The number of benzene rings is 2. The standard InChI is InChI=1S/C29H36F2O/c1-2-29(32)26-13-11-25(12-14-26)28(31)19-20-3-5-21(6-4-20)22-7-9-23(10-8-22)24-15-17-27(30)18-16-24/h7-10,15-18,20-21,25-26,28H,2-6,11-14,19H2,1H3. The van der Waals surface area contributed by atoms with Crippen LogP contribution in [0.5, 0.6) is 0 Å². The summed E-state index contributed by atoms with van der Waals surface area (Å²) in [5.41, 5.74) is 3.51. The fourth-order valence-electron chi connectivity index (χ4n) is 5.92. The number of Topliss-reactive ketones (excluding diaryl/α,β-unsaturated/α-hetero) is 1. The molecule has 1 nitrogen and oxygen atoms in total. The fourth-order valence-corrected chi connectivity index (χ4v) is 5.92. The van der Waals surface area contributed by atoms with E-state index in [4.69, 9.17) is 0 Å². The van der Waals surface area contributed by atoms with Crippen molar-refractivity contribution >= 4 is 5.78 Å². The average Bonchev–Trinajstić information content (AvgIpc) is 2.85. The molecule has 0 saturated heterocycles. The summed E-state index contributed by atoms with van der Waals surface area (Å²) in [7, 11) is 0. The van der Waals surface area contributed by atoms with Crippen molar-refractivity contribution in [2.24, 2.45) is 17.8 Å². The molecule has 2 fully saturated rings. The summed E-state index contributed by atoms with van der Waals surface area (Å²) in [6, 6.07) is 15.3. The maximum Gasteiger partial charge on any atom is 0.135 e. The van der Waals surface area contributed by atoms with Gasteiger partial charge in [-0.3, -0.25) is 4.79 Å². The van der Waals surface area contributed by atoms with Crippen molar-refractivity contribution in [1.82, 2.24) is 0 Å². The zero-order chi connectivity index (χ0) is 22.5. The van der Waals surface area contributed by atoms with Gasteiger partial charge < -0.3 is 0 Å². The Morgan fingerprint density at radius 2 is 1.41 bits per heavy atom. The molecular weight excluding hydrogens is 402 g/mol. The normalized spacial score (nSPS) is 27.1. The van der Waals surface area contributed by atoms with E-state index in [9.17, 15) is 9.18 Å². The van der Waals surface area contributed by atoms with Gasteiger partial charge in [-0.25, -0.2) is 8.78 Å². The number of rotatable bonds is 7. The van der Waals surface area contributed by atoms with Crippen LogP contribution in [0, 0.1) is 23.6 Å². The molecule has 1 unspecified atom stereocenters. The predicted octanol–water partition coefficient (Wildman–Crippen LogP) is 8.28. The quantitative estimate of drug-likeness (QED) is 0.425. The van der Waals surface area contributed by atoms with Gasteiger partial charge in [0.15, 0.2) is 0 Å². The molecule has 172 valence electrons. The smallest absolute Gasteiger partial charge is 0.135 e. The van der Waals surface area contributed by atoms with Crippen LogP contribution >= 0.6 is 0 Å². The van der Waals surface area contributed by atoms with Crippen LogP contribution in [0.2, 0.25) is 0 Å². The zero-order valence-corrected chi connectivity index (χ0v) is 19.2. The first-order valence-electron chi connectivity index (χ1n) is 12.6. The molecule has 32 heavy (non-hydrogen) atoms. The summed E-state index contributed by atoms with van der Waals surface area (Å²) in [5.74, 6) is 1.55. The van der Waals surface area contributed by atoms with E-state index in [0.29, 0.717) is 30.5 Å². The van der Waals surface area contributed by atoms with Gasteiger partial charge in [0.1, 0.15) is 17.8 Å². The minimum absolute atomic E-state index is 0.160. The van der Waals surface area contributed by atoms with Crippen molar-refractivity contribution in [1.29, 1.82) is 0 Å². The van der Waals surface area contributed by atoms with Crippen LogP contribution in [0.3, 0.4) is 0 Å². The molecule has 2 aliphatic rings. The third-order valence-corrected chi connectivity index (χ3v) is 8.05. The third-order valence-electron chi connectivity index (χ3n) is 8.05. The number of hydrogen-bond donors (Lipinski definition) is 0.